The monoisotopic (exact) mass is 425 g/mol. The number of hydrogen-bond donors (Lipinski definition) is 1. The number of ether oxygens (including phenoxy) is 1. The predicted molar refractivity (Wildman–Crippen MR) is 116 cm³/mol. The SMILES string of the molecule is CC(C)c1cc(C(=O)O[C@H](C)C(=O)NC2(C#N)CCCCC2)c2cnn(C(C)C)c2n1. The molecule has 31 heavy (non-hydrogen) atoms. The van der Waals surface area contributed by atoms with E-state index in [1.165, 1.54) is 6.92 Å². The van der Waals surface area contributed by atoms with Crippen LogP contribution in [0, 0.1) is 11.3 Å². The Kier molecular flexibility index (Phi) is 6.63. The van der Waals surface area contributed by atoms with Gasteiger partial charge in [-0.05, 0) is 45.6 Å². The zero-order chi connectivity index (χ0) is 22.8. The predicted octanol–water partition coefficient (Wildman–Crippen LogP) is 4.02. The molecule has 8 nitrogen and oxygen atoms in total. The third kappa shape index (κ3) is 4.71. The highest BCUT2D eigenvalue weighted by molar-refractivity contribution is 6.03. The number of nitrogens with one attached hydrogen (secondary N) is 1. The van der Waals surface area contributed by atoms with Gasteiger partial charge in [0.15, 0.2) is 11.8 Å². The van der Waals surface area contributed by atoms with Crippen LogP contribution in [0.5, 0.6) is 0 Å². The fourth-order valence-electron chi connectivity index (χ4n) is 3.92. The highest BCUT2D eigenvalue weighted by Gasteiger charge is 2.35. The summed E-state index contributed by atoms with van der Waals surface area (Å²) >= 11 is 0. The molecule has 2 heterocycles. The summed E-state index contributed by atoms with van der Waals surface area (Å²) in [5.74, 6) is -0.951. The van der Waals surface area contributed by atoms with Crippen molar-refractivity contribution in [3.63, 3.8) is 0 Å². The summed E-state index contributed by atoms with van der Waals surface area (Å²) in [4.78, 5) is 30.4. The average Bonchev–Trinajstić information content (AvgIpc) is 3.17. The minimum absolute atomic E-state index is 0.0821. The molecule has 166 valence electrons. The van der Waals surface area contributed by atoms with Gasteiger partial charge in [-0.1, -0.05) is 33.1 Å². The molecule has 0 aromatic carbocycles. The third-order valence-electron chi connectivity index (χ3n) is 5.82. The van der Waals surface area contributed by atoms with E-state index in [-0.39, 0.29) is 12.0 Å². The molecule has 0 unspecified atom stereocenters. The lowest BCUT2D eigenvalue weighted by Crippen LogP contribution is -2.52. The Morgan fingerprint density at radius 3 is 2.45 bits per heavy atom. The Morgan fingerprint density at radius 2 is 1.87 bits per heavy atom. The van der Waals surface area contributed by atoms with Crippen LogP contribution in [0.2, 0.25) is 0 Å². The first-order valence-corrected chi connectivity index (χ1v) is 11.0. The van der Waals surface area contributed by atoms with Gasteiger partial charge in [0.05, 0.1) is 23.2 Å². The van der Waals surface area contributed by atoms with Gasteiger partial charge in [-0.3, -0.25) is 4.79 Å². The van der Waals surface area contributed by atoms with Crippen molar-refractivity contribution in [2.75, 3.05) is 0 Å². The number of hydrogen-bond acceptors (Lipinski definition) is 6. The van der Waals surface area contributed by atoms with Crippen LogP contribution >= 0.6 is 0 Å². The Hall–Kier alpha value is -2.95. The van der Waals surface area contributed by atoms with Gasteiger partial charge in [0.1, 0.15) is 5.54 Å². The van der Waals surface area contributed by atoms with Gasteiger partial charge in [-0.2, -0.15) is 10.4 Å². The molecule has 1 atom stereocenters. The van der Waals surface area contributed by atoms with Crippen LogP contribution in [0.3, 0.4) is 0 Å². The van der Waals surface area contributed by atoms with Gasteiger partial charge in [-0.15, -0.1) is 0 Å². The highest BCUT2D eigenvalue weighted by Crippen LogP contribution is 2.28. The molecule has 2 aromatic rings. The summed E-state index contributed by atoms with van der Waals surface area (Å²) in [5, 5.41) is 17.4. The zero-order valence-electron chi connectivity index (χ0n) is 18.9. The number of carbonyl (C=O) groups is 2. The number of nitrogens with zero attached hydrogens (tertiary/aromatic N) is 4. The van der Waals surface area contributed by atoms with E-state index in [4.69, 9.17) is 4.74 Å². The van der Waals surface area contributed by atoms with Gasteiger partial charge in [0, 0.05) is 11.7 Å². The summed E-state index contributed by atoms with van der Waals surface area (Å²) in [6, 6.07) is 4.05. The molecule has 0 aliphatic heterocycles. The highest BCUT2D eigenvalue weighted by atomic mass is 16.5. The van der Waals surface area contributed by atoms with Crippen LogP contribution in [-0.2, 0) is 9.53 Å². The van der Waals surface area contributed by atoms with Gasteiger partial charge in [0.25, 0.3) is 5.91 Å². The average molecular weight is 426 g/mol. The van der Waals surface area contributed by atoms with Crippen LogP contribution in [0.25, 0.3) is 11.0 Å². The van der Waals surface area contributed by atoms with Gasteiger partial charge in [-0.25, -0.2) is 14.5 Å². The summed E-state index contributed by atoms with van der Waals surface area (Å²) in [6.45, 7) is 9.52. The summed E-state index contributed by atoms with van der Waals surface area (Å²) in [5.41, 5.74) is 0.844. The summed E-state index contributed by atoms with van der Waals surface area (Å²) in [7, 11) is 0. The molecule has 1 aliphatic rings. The topological polar surface area (TPSA) is 110 Å². The molecule has 1 fully saturated rings. The minimum atomic E-state index is -1.02. The zero-order valence-corrected chi connectivity index (χ0v) is 18.9. The van der Waals surface area contributed by atoms with Crippen molar-refractivity contribution < 1.29 is 14.3 Å². The fraction of sp³-hybridized carbons (Fsp3) is 0.609. The lowest BCUT2D eigenvalue weighted by Gasteiger charge is -2.32. The molecular formula is C23H31N5O3. The number of rotatable bonds is 6. The van der Waals surface area contributed by atoms with E-state index in [1.54, 1.807) is 16.9 Å². The number of amides is 1. The summed E-state index contributed by atoms with van der Waals surface area (Å²) < 4.78 is 7.29. The summed E-state index contributed by atoms with van der Waals surface area (Å²) in [6.07, 6.45) is 4.68. The molecule has 8 heteroatoms. The van der Waals surface area contributed by atoms with E-state index in [0.717, 1.165) is 25.0 Å². The molecule has 0 bridgehead atoms. The number of pyridine rings is 1. The maximum absolute atomic E-state index is 13.0. The third-order valence-corrected chi connectivity index (χ3v) is 5.82. The first kappa shape index (κ1) is 22.7. The van der Waals surface area contributed by atoms with Crippen LogP contribution in [0.4, 0.5) is 0 Å². The molecule has 0 spiro atoms. The molecule has 1 N–H and O–H groups in total. The van der Waals surface area contributed by atoms with E-state index >= 15 is 0 Å². The number of carbonyl (C=O) groups excluding carboxylic acids is 2. The minimum Gasteiger partial charge on any atom is -0.449 e. The van der Waals surface area contributed by atoms with Gasteiger partial charge < -0.3 is 10.1 Å². The Bertz CT molecular complexity index is 1010. The Morgan fingerprint density at radius 1 is 1.19 bits per heavy atom. The Labute approximate surface area is 183 Å². The van der Waals surface area contributed by atoms with E-state index in [2.05, 4.69) is 21.5 Å². The van der Waals surface area contributed by atoms with Crippen LogP contribution in [-0.4, -0.2) is 38.3 Å². The maximum Gasteiger partial charge on any atom is 0.339 e. The second-order valence-electron chi connectivity index (χ2n) is 8.96. The van der Waals surface area contributed by atoms with Crippen molar-refractivity contribution in [1.29, 1.82) is 5.26 Å². The number of fused-ring (bicyclic) bond motifs is 1. The lowest BCUT2D eigenvalue weighted by atomic mass is 9.83. The molecule has 1 aliphatic carbocycles. The van der Waals surface area contributed by atoms with Crippen molar-refractivity contribution in [2.24, 2.45) is 0 Å². The first-order chi connectivity index (χ1) is 14.7. The Balaban J connectivity index is 1.84. The fourth-order valence-corrected chi connectivity index (χ4v) is 3.92. The molecule has 0 saturated heterocycles. The van der Waals surface area contributed by atoms with E-state index in [9.17, 15) is 14.9 Å². The van der Waals surface area contributed by atoms with Gasteiger partial charge >= 0.3 is 5.97 Å². The first-order valence-electron chi connectivity index (χ1n) is 11.0. The second-order valence-corrected chi connectivity index (χ2v) is 8.96. The molecule has 2 aromatic heterocycles. The van der Waals surface area contributed by atoms with Crippen molar-refractivity contribution in [3.05, 3.63) is 23.5 Å². The van der Waals surface area contributed by atoms with Crippen LogP contribution in [0.1, 0.15) is 94.7 Å². The number of esters is 1. The van der Waals surface area contributed by atoms with E-state index < -0.39 is 23.5 Å². The van der Waals surface area contributed by atoms with Gasteiger partial charge in [0.2, 0.25) is 0 Å². The normalized spacial score (nSPS) is 16.8. The smallest absolute Gasteiger partial charge is 0.339 e. The van der Waals surface area contributed by atoms with Crippen molar-refractivity contribution in [2.45, 2.75) is 90.3 Å². The molecule has 0 radical (unpaired) electrons. The number of aromatic nitrogens is 3. The second kappa shape index (κ2) is 9.04. The van der Waals surface area contributed by atoms with Crippen molar-refractivity contribution in [1.82, 2.24) is 20.1 Å². The maximum atomic E-state index is 13.0. The standard InChI is InChI=1S/C23H31N5O3/c1-14(2)19-11-17(18-12-25-28(15(3)4)20(18)26-19)22(30)31-16(5)21(29)27-23(13-24)9-7-6-8-10-23/h11-12,14-16H,6-10H2,1-5H3,(H,27,29)/t16-/m1/s1. The molecule has 1 saturated carbocycles. The largest absolute Gasteiger partial charge is 0.449 e. The van der Waals surface area contributed by atoms with E-state index in [0.29, 0.717) is 29.4 Å². The molecule has 1 amide bonds. The lowest BCUT2D eigenvalue weighted by molar-refractivity contribution is -0.130. The number of nitriles is 1. The molecular weight excluding hydrogens is 394 g/mol. The van der Waals surface area contributed by atoms with Crippen molar-refractivity contribution >= 4 is 22.9 Å². The van der Waals surface area contributed by atoms with Crippen LogP contribution < -0.4 is 5.32 Å². The van der Waals surface area contributed by atoms with Crippen molar-refractivity contribution in [3.8, 4) is 6.07 Å². The quantitative estimate of drug-likeness (QED) is 0.700. The molecule has 3 rings (SSSR count). The van der Waals surface area contributed by atoms with E-state index in [1.807, 2.05) is 27.7 Å². The van der Waals surface area contributed by atoms with Crippen LogP contribution in [0.15, 0.2) is 12.3 Å².